The number of carbonyl (C=O) groups is 1. The highest BCUT2D eigenvalue weighted by Gasteiger charge is 2.57. The zero-order valence-electron chi connectivity index (χ0n) is 18.3. The molecule has 1 aromatic heterocycles. The molecule has 0 saturated heterocycles. The molecule has 3 aliphatic carbocycles. The molecule has 5 atom stereocenters. The van der Waals surface area contributed by atoms with Gasteiger partial charge in [-0.1, -0.05) is 36.3 Å². The van der Waals surface area contributed by atoms with Crippen LogP contribution in [0.2, 0.25) is 0 Å². The van der Waals surface area contributed by atoms with Crippen molar-refractivity contribution in [1.82, 2.24) is 4.98 Å². The highest BCUT2D eigenvalue weighted by atomic mass is 16.4. The number of hydrogen-bond donors (Lipinski definition) is 2. The number of anilines is 1. The van der Waals surface area contributed by atoms with Gasteiger partial charge in [-0.15, -0.1) is 0 Å². The highest BCUT2D eigenvalue weighted by Crippen LogP contribution is 2.62. The van der Waals surface area contributed by atoms with E-state index in [4.69, 9.17) is 4.42 Å². The number of rotatable bonds is 4. The van der Waals surface area contributed by atoms with Crippen molar-refractivity contribution < 1.29 is 14.4 Å². The van der Waals surface area contributed by atoms with Crippen LogP contribution in [-0.4, -0.2) is 21.8 Å². The van der Waals surface area contributed by atoms with E-state index in [0.29, 0.717) is 35.9 Å². The SMILES string of the molecule is Cc1cnc(NC(=O)CC[C@@H]2C/C(=N\O)[C@@]3(C)CCC4c5ccccc5CCC4C23)o1. The molecule has 0 aliphatic heterocycles. The van der Waals surface area contributed by atoms with Crippen LogP contribution < -0.4 is 5.32 Å². The highest BCUT2D eigenvalue weighted by molar-refractivity contribution is 5.93. The van der Waals surface area contributed by atoms with Crippen LogP contribution in [0, 0.1) is 30.1 Å². The number of aryl methyl sites for hydroxylation is 2. The van der Waals surface area contributed by atoms with Gasteiger partial charge in [0.2, 0.25) is 5.91 Å². The van der Waals surface area contributed by atoms with E-state index in [-0.39, 0.29) is 17.3 Å². The molecule has 2 aromatic rings. The van der Waals surface area contributed by atoms with Gasteiger partial charge in [0.1, 0.15) is 5.76 Å². The van der Waals surface area contributed by atoms with E-state index in [1.54, 1.807) is 13.1 Å². The summed E-state index contributed by atoms with van der Waals surface area (Å²) >= 11 is 0. The van der Waals surface area contributed by atoms with Crippen LogP contribution in [0.15, 0.2) is 40.0 Å². The summed E-state index contributed by atoms with van der Waals surface area (Å²) in [4.78, 5) is 16.6. The van der Waals surface area contributed by atoms with E-state index < -0.39 is 0 Å². The Morgan fingerprint density at radius 3 is 2.97 bits per heavy atom. The number of benzene rings is 1. The maximum Gasteiger partial charge on any atom is 0.301 e. The average molecular weight is 422 g/mol. The molecule has 3 aliphatic rings. The summed E-state index contributed by atoms with van der Waals surface area (Å²) in [6.07, 6.45) is 8.08. The Balaban J connectivity index is 1.35. The molecular weight excluding hydrogens is 390 g/mol. The molecule has 1 aromatic carbocycles. The van der Waals surface area contributed by atoms with Gasteiger partial charge in [0, 0.05) is 11.8 Å². The molecule has 1 amide bonds. The summed E-state index contributed by atoms with van der Waals surface area (Å²) < 4.78 is 5.37. The minimum absolute atomic E-state index is 0.0664. The predicted octanol–water partition coefficient (Wildman–Crippen LogP) is 5.31. The third-order valence-corrected chi connectivity index (χ3v) is 8.24. The summed E-state index contributed by atoms with van der Waals surface area (Å²) in [7, 11) is 0. The number of amides is 1. The number of oxime groups is 1. The van der Waals surface area contributed by atoms with Crippen molar-refractivity contribution in [3.05, 3.63) is 47.3 Å². The van der Waals surface area contributed by atoms with Gasteiger partial charge in [-0.05, 0) is 80.2 Å². The van der Waals surface area contributed by atoms with Gasteiger partial charge in [0.15, 0.2) is 0 Å². The van der Waals surface area contributed by atoms with E-state index in [1.165, 1.54) is 17.5 Å². The molecule has 1 heterocycles. The van der Waals surface area contributed by atoms with Crippen molar-refractivity contribution in [2.24, 2.45) is 28.3 Å². The van der Waals surface area contributed by atoms with Crippen molar-refractivity contribution in [1.29, 1.82) is 0 Å². The summed E-state index contributed by atoms with van der Waals surface area (Å²) in [6, 6.07) is 9.16. The first kappa shape index (κ1) is 20.3. The lowest BCUT2D eigenvalue weighted by atomic mass is 9.54. The van der Waals surface area contributed by atoms with Crippen molar-refractivity contribution in [2.45, 2.75) is 64.7 Å². The summed E-state index contributed by atoms with van der Waals surface area (Å²) in [5.41, 5.74) is 3.89. The molecule has 2 saturated carbocycles. The largest absolute Gasteiger partial charge is 0.429 e. The molecule has 2 fully saturated rings. The van der Waals surface area contributed by atoms with Crippen LogP contribution in [0.3, 0.4) is 0 Å². The Kier molecular flexibility index (Phi) is 5.11. The molecule has 164 valence electrons. The molecule has 0 bridgehead atoms. The van der Waals surface area contributed by atoms with Gasteiger partial charge in [-0.25, -0.2) is 4.98 Å². The minimum atomic E-state index is -0.0701. The van der Waals surface area contributed by atoms with Gasteiger partial charge in [-0.2, -0.15) is 0 Å². The molecule has 6 nitrogen and oxygen atoms in total. The molecule has 3 unspecified atom stereocenters. The van der Waals surface area contributed by atoms with Crippen LogP contribution in [-0.2, 0) is 11.2 Å². The number of aromatic nitrogens is 1. The fraction of sp³-hybridized carbons (Fsp3) is 0.560. The molecule has 0 spiro atoms. The zero-order chi connectivity index (χ0) is 21.6. The molecule has 31 heavy (non-hydrogen) atoms. The van der Waals surface area contributed by atoms with E-state index in [2.05, 4.69) is 46.6 Å². The lowest BCUT2D eigenvalue weighted by Gasteiger charge is -2.50. The van der Waals surface area contributed by atoms with E-state index in [1.807, 2.05) is 0 Å². The van der Waals surface area contributed by atoms with Gasteiger partial charge in [0.05, 0.1) is 11.9 Å². The van der Waals surface area contributed by atoms with Gasteiger partial charge < -0.3 is 9.62 Å². The number of oxazole rings is 1. The Hall–Kier alpha value is -2.63. The van der Waals surface area contributed by atoms with Crippen LogP contribution in [0.25, 0.3) is 0 Å². The second-order valence-corrected chi connectivity index (χ2v) is 9.86. The van der Waals surface area contributed by atoms with Crippen LogP contribution in [0.5, 0.6) is 0 Å². The fourth-order valence-electron chi connectivity index (χ4n) is 6.93. The standard InChI is InChI=1S/C25H31N3O3/c1-15-14-26-24(31-15)27-22(29)10-8-17-13-21(28-30)25(2)12-11-19-18-6-4-3-5-16(18)7-9-20(19)23(17)25/h3-6,14,17,19-20,23,30H,7-13H2,1-2H3,(H,26,27,29)/b28-21+/t17-,19?,20?,23?,25-/m1/s1. The molecule has 5 rings (SSSR count). The molecule has 2 N–H and O–H groups in total. The van der Waals surface area contributed by atoms with E-state index in [9.17, 15) is 10.0 Å². The van der Waals surface area contributed by atoms with Crippen molar-refractivity contribution >= 4 is 17.6 Å². The van der Waals surface area contributed by atoms with Crippen LogP contribution in [0.4, 0.5) is 6.01 Å². The fourth-order valence-corrected chi connectivity index (χ4v) is 6.93. The van der Waals surface area contributed by atoms with E-state index >= 15 is 0 Å². The maximum atomic E-state index is 12.5. The first-order valence-corrected chi connectivity index (χ1v) is 11.5. The second kappa shape index (κ2) is 7.81. The molecule has 0 radical (unpaired) electrons. The topological polar surface area (TPSA) is 87.7 Å². The Morgan fingerprint density at radius 2 is 2.19 bits per heavy atom. The van der Waals surface area contributed by atoms with Crippen LogP contribution >= 0.6 is 0 Å². The predicted molar refractivity (Wildman–Crippen MR) is 118 cm³/mol. The normalized spacial score (nSPS) is 32.9. The number of nitrogens with zero attached hydrogens (tertiary/aromatic N) is 2. The van der Waals surface area contributed by atoms with Crippen molar-refractivity contribution in [3.8, 4) is 0 Å². The minimum Gasteiger partial charge on any atom is -0.429 e. The first-order chi connectivity index (χ1) is 15.0. The van der Waals surface area contributed by atoms with Crippen molar-refractivity contribution in [2.75, 3.05) is 5.32 Å². The Morgan fingerprint density at radius 1 is 1.35 bits per heavy atom. The lowest BCUT2D eigenvalue weighted by molar-refractivity contribution is -0.116. The summed E-state index contributed by atoms with van der Waals surface area (Å²) in [6.45, 7) is 4.10. The number of fused-ring (bicyclic) bond motifs is 5. The maximum absolute atomic E-state index is 12.5. The average Bonchev–Trinajstić information content (AvgIpc) is 3.31. The Bertz CT molecular complexity index is 1010. The van der Waals surface area contributed by atoms with E-state index in [0.717, 1.165) is 37.8 Å². The number of hydrogen-bond acceptors (Lipinski definition) is 5. The second-order valence-electron chi connectivity index (χ2n) is 9.86. The smallest absolute Gasteiger partial charge is 0.301 e. The number of nitrogens with one attached hydrogen (secondary N) is 1. The molecular formula is C25H31N3O3. The number of carbonyl (C=O) groups excluding carboxylic acids is 1. The van der Waals surface area contributed by atoms with Gasteiger partial charge in [0.25, 0.3) is 0 Å². The lowest BCUT2D eigenvalue weighted by Crippen LogP contribution is -2.44. The first-order valence-electron chi connectivity index (χ1n) is 11.5. The Labute approximate surface area is 183 Å². The summed E-state index contributed by atoms with van der Waals surface area (Å²) in [5.74, 6) is 2.56. The third-order valence-electron chi connectivity index (χ3n) is 8.24. The summed E-state index contributed by atoms with van der Waals surface area (Å²) in [5, 5.41) is 16.3. The van der Waals surface area contributed by atoms with Gasteiger partial charge >= 0.3 is 6.01 Å². The van der Waals surface area contributed by atoms with Crippen LogP contribution in [0.1, 0.15) is 68.3 Å². The molecule has 6 heteroatoms. The van der Waals surface area contributed by atoms with Crippen molar-refractivity contribution in [3.63, 3.8) is 0 Å². The van der Waals surface area contributed by atoms with Gasteiger partial charge in [-0.3, -0.25) is 10.1 Å². The monoisotopic (exact) mass is 421 g/mol. The third kappa shape index (κ3) is 3.46. The quantitative estimate of drug-likeness (QED) is 0.517. The zero-order valence-corrected chi connectivity index (χ0v) is 18.3.